The molecule has 0 aliphatic rings. The molecule has 5 nitrogen and oxygen atoms in total. The minimum atomic E-state index is -0.166. The number of hydrogen-bond donors (Lipinski definition) is 1. The molecule has 0 atom stereocenters. The van der Waals surface area contributed by atoms with Gasteiger partial charge in [0.2, 0.25) is 5.91 Å². The van der Waals surface area contributed by atoms with Crippen LogP contribution in [-0.2, 0) is 11.2 Å². The number of carbonyl (C=O) groups excluding carboxylic acids is 1. The van der Waals surface area contributed by atoms with E-state index < -0.39 is 0 Å². The van der Waals surface area contributed by atoms with Crippen molar-refractivity contribution in [3.05, 3.63) is 59.7 Å². The zero-order chi connectivity index (χ0) is 17.9. The van der Waals surface area contributed by atoms with Gasteiger partial charge in [0.05, 0.1) is 26.4 Å². The standard InChI is InChI=1S/C20H24N2O3/c1-3-4-13-25-19-11-7-17(8-12-19)15-21-22-20(23)14-16-5-9-18(24-2)10-6-16/h5-12,15H,3-4,13-14H2,1-2H3,(H,22,23)/b21-15-. The van der Waals surface area contributed by atoms with Crippen LogP contribution in [0.1, 0.15) is 30.9 Å². The van der Waals surface area contributed by atoms with Gasteiger partial charge in [-0.2, -0.15) is 5.10 Å². The molecular formula is C20H24N2O3. The first-order chi connectivity index (χ1) is 12.2. The van der Waals surface area contributed by atoms with Crippen LogP contribution in [0.3, 0.4) is 0 Å². The van der Waals surface area contributed by atoms with Crippen LogP contribution >= 0.6 is 0 Å². The molecule has 0 saturated carbocycles. The van der Waals surface area contributed by atoms with E-state index in [0.29, 0.717) is 0 Å². The van der Waals surface area contributed by atoms with Gasteiger partial charge in [-0.05, 0) is 53.9 Å². The molecule has 0 fully saturated rings. The predicted molar refractivity (Wildman–Crippen MR) is 99.3 cm³/mol. The number of hydrogen-bond acceptors (Lipinski definition) is 4. The lowest BCUT2D eigenvalue weighted by Crippen LogP contribution is -2.19. The summed E-state index contributed by atoms with van der Waals surface area (Å²) in [4.78, 5) is 11.9. The van der Waals surface area contributed by atoms with Gasteiger partial charge in [-0.15, -0.1) is 0 Å². The molecule has 0 heterocycles. The van der Waals surface area contributed by atoms with Crippen LogP contribution in [-0.4, -0.2) is 25.8 Å². The number of hydrazone groups is 1. The third-order valence-electron chi connectivity index (χ3n) is 3.57. The molecule has 0 spiro atoms. The molecule has 0 aromatic heterocycles. The molecule has 2 aromatic carbocycles. The van der Waals surface area contributed by atoms with Gasteiger partial charge < -0.3 is 9.47 Å². The van der Waals surface area contributed by atoms with Gasteiger partial charge in [0, 0.05) is 0 Å². The lowest BCUT2D eigenvalue weighted by atomic mass is 10.1. The van der Waals surface area contributed by atoms with Gasteiger partial charge in [0.1, 0.15) is 11.5 Å². The normalized spacial score (nSPS) is 10.6. The summed E-state index contributed by atoms with van der Waals surface area (Å²) in [5.74, 6) is 1.44. The zero-order valence-corrected chi connectivity index (χ0v) is 14.7. The molecule has 0 unspecified atom stereocenters. The van der Waals surface area contributed by atoms with E-state index in [4.69, 9.17) is 9.47 Å². The van der Waals surface area contributed by atoms with Crippen LogP contribution in [0.2, 0.25) is 0 Å². The number of nitrogens with zero attached hydrogens (tertiary/aromatic N) is 1. The molecule has 0 saturated heterocycles. The van der Waals surface area contributed by atoms with Crippen LogP contribution < -0.4 is 14.9 Å². The quantitative estimate of drug-likeness (QED) is 0.431. The van der Waals surface area contributed by atoms with Crippen molar-refractivity contribution in [3.8, 4) is 11.5 Å². The first-order valence-corrected chi connectivity index (χ1v) is 8.39. The van der Waals surface area contributed by atoms with E-state index in [1.165, 1.54) is 0 Å². The topological polar surface area (TPSA) is 59.9 Å². The summed E-state index contributed by atoms with van der Waals surface area (Å²) in [6.45, 7) is 2.86. The molecule has 0 aliphatic heterocycles. The van der Waals surface area contributed by atoms with E-state index in [1.807, 2.05) is 48.5 Å². The summed E-state index contributed by atoms with van der Waals surface area (Å²) in [7, 11) is 1.61. The number of carbonyl (C=O) groups is 1. The van der Waals surface area contributed by atoms with Crippen LogP contribution in [0.4, 0.5) is 0 Å². The molecule has 1 N–H and O–H groups in total. The van der Waals surface area contributed by atoms with E-state index in [2.05, 4.69) is 17.5 Å². The van der Waals surface area contributed by atoms with E-state index in [0.717, 1.165) is 42.1 Å². The summed E-state index contributed by atoms with van der Waals surface area (Å²) in [6, 6.07) is 15.0. The van der Waals surface area contributed by atoms with Crippen molar-refractivity contribution >= 4 is 12.1 Å². The van der Waals surface area contributed by atoms with Crippen molar-refractivity contribution in [1.29, 1.82) is 0 Å². The fourth-order valence-corrected chi connectivity index (χ4v) is 2.13. The Morgan fingerprint density at radius 1 is 1.08 bits per heavy atom. The van der Waals surface area contributed by atoms with Crippen molar-refractivity contribution in [2.75, 3.05) is 13.7 Å². The maximum absolute atomic E-state index is 11.9. The fraction of sp³-hybridized carbons (Fsp3) is 0.300. The third kappa shape index (κ3) is 6.67. The Kier molecular flexibility index (Phi) is 7.50. The van der Waals surface area contributed by atoms with Crippen molar-refractivity contribution in [2.24, 2.45) is 5.10 Å². The Morgan fingerprint density at radius 2 is 1.76 bits per heavy atom. The van der Waals surface area contributed by atoms with Crippen molar-refractivity contribution < 1.29 is 14.3 Å². The molecule has 25 heavy (non-hydrogen) atoms. The van der Waals surface area contributed by atoms with E-state index in [-0.39, 0.29) is 12.3 Å². The Hall–Kier alpha value is -2.82. The van der Waals surface area contributed by atoms with Crippen LogP contribution in [0.5, 0.6) is 11.5 Å². The minimum Gasteiger partial charge on any atom is -0.497 e. The van der Waals surface area contributed by atoms with Gasteiger partial charge in [0.25, 0.3) is 0 Å². The molecule has 2 rings (SSSR count). The van der Waals surface area contributed by atoms with E-state index >= 15 is 0 Å². The Balaban J connectivity index is 1.78. The maximum Gasteiger partial charge on any atom is 0.244 e. The minimum absolute atomic E-state index is 0.166. The number of methoxy groups -OCH3 is 1. The number of amides is 1. The molecular weight excluding hydrogens is 316 g/mol. The highest BCUT2D eigenvalue weighted by Gasteiger charge is 2.02. The molecule has 5 heteroatoms. The summed E-state index contributed by atoms with van der Waals surface area (Å²) >= 11 is 0. The SMILES string of the molecule is CCCCOc1ccc(/C=N\NC(=O)Cc2ccc(OC)cc2)cc1. The second kappa shape index (κ2) is 10.1. The van der Waals surface area contributed by atoms with E-state index in [9.17, 15) is 4.79 Å². The number of nitrogens with one attached hydrogen (secondary N) is 1. The lowest BCUT2D eigenvalue weighted by molar-refractivity contribution is -0.120. The Labute approximate surface area is 148 Å². The first-order valence-electron chi connectivity index (χ1n) is 8.39. The summed E-state index contributed by atoms with van der Waals surface area (Å²) < 4.78 is 10.7. The summed E-state index contributed by atoms with van der Waals surface area (Å²) in [5.41, 5.74) is 4.33. The largest absolute Gasteiger partial charge is 0.497 e. The van der Waals surface area contributed by atoms with Gasteiger partial charge >= 0.3 is 0 Å². The van der Waals surface area contributed by atoms with Crippen LogP contribution in [0, 0.1) is 0 Å². The second-order valence-corrected chi connectivity index (χ2v) is 5.59. The van der Waals surface area contributed by atoms with Crippen LogP contribution in [0.25, 0.3) is 0 Å². The number of benzene rings is 2. The van der Waals surface area contributed by atoms with Gasteiger partial charge in [-0.25, -0.2) is 5.43 Å². The maximum atomic E-state index is 11.9. The molecule has 132 valence electrons. The van der Waals surface area contributed by atoms with E-state index in [1.54, 1.807) is 13.3 Å². The first kappa shape index (κ1) is 18.5. The highest BCUT2D eigenvalue weighted by atomic mass is 16.5. The lowest BCUT2D eigenvalue weighted by Gasteiger charge is -2.05. The molecule has 1 amide bonds. The van der Waals surface area contributed by atoms with Gasteiger partial charge in [-0.3, -0.25) is 4.79 Å². The van der Waals surface area contributed by atoms with Gasteiger partial charge in [-0.1, -0.05) is 25.5 Å². The molecule has 0 radical (unpaired) electrons. The van der Waals surface area contributed by atoms with Crippen molar-refractivity contribution in [3.63, 3.8) is 0 Å². The zero-order valence-electron chi connectivity index (χ0n) is 14.7. The molecule has 0 bridgehead atoms. The highest BCUT2D eigenvalue weighted by Crippen LogP contribution is 2.12. The van der Waals surface area contributed by atoms with Crippen molar-refractivity contribution in [2.45, 2.75) is 26.2 Å². The third-order valence-corrected chi connectivity index (χ3v) is 3.57. The molecule has 2 aromatic rings. The number of unbranched alkanes of at least 4 members (excludes halogenated alkanes) is 1. The van der Waals surface area contributed by atoms with Crippen molar-refractivity contribution in [1.82, 2.24) is 5.43 Å². The summed E-state index contributed by atoms with van der Waals surface area (Å²) in [5, 5.41) is 3.99. The molecule has 0 aliphatic carbocycles. The Morgan fingerprint density at radius 3 is 2.40 bits per heavy atom. The smallest absolute Gasteiger partial charge is 0.244 e. The summed E-state index contributed by atoms with van der Waals surface area (Å²) in [6.07, 6.45) is 4.04. The number of ether oxygens (including phenoxy) is 2. The van der Waals surface area contributed by atoms with Gasteiger partial charge in [0.15, 0.2) is 0 Å². The second-order valence-electron chi connectivity index (χ2n) is 5.59. The number of rotatable bonds is 9. The average molecular weight is 340 g/mol. The highest BCUT2D eigenvalue weighted by molar-refractivity contribution is 5.83. The fourth-order valence-electron chi connectivity index (χ4n) is 2.13. The average Bonchev–Trinajstić information content (AvgIpc) is 2.64. The van der Waals surface area contributed by atoms with Crippen LogP contribution in [0.15, 0.2) is 53.6 Å². The monoisotopic (exact) mass is 340 g/mol. The Bertz CT molecular complexity index is 679. The predicted octanol–water partition coefficient (Wildman–Crippen LogP) is 3.57.